The van der Waals surface area contributed by atoms with Crippen LogP contribution in [0.5, 0.6) is 23.1 Å². The van der Waals surface area contributed by atoms with Crippen LogP contribution in [0.1, 0.15) is 0 Å². The Kier molecular flexibility index (Phi) is 4.98. The number of nitrogen functional groups attached to an aromatic ring is 1. The van der Waals surface area contributed by atoms with Crippen molar-refractivity contribution < 1.29 is 14.2 Å². The topological polar surface area (TPSA) is 104 Å². The molecule has 4 rings (SSSR count). The Hall–Kier alpha value is -4.07. The Morgan fingerprint density at radius 1 is 0.897 bits per heavy atom. The van der Waals surface area contributed by atoms with Gasteiger partial charge in [-0.05, 0) is 24.3 Å². The number of methoxy groups -OCH3 is 2. The third kappa shape index (κ3) is 3.68. The van der Waals surface area contributed by atoms with Crippen LogP contribution in [0, 0.1) is 0 Å². The van der Waals surface area contributed by atoms with E-state index in [0.717, 1.165) is 10.9 Å². The number of nitrogens with two attached hydrogens (primary N) is 1. The summed E-state index contributed by atoms with van der Waals surface area (Å²) in [5.41, 5.74) is 7.93. The predicted molar refractivity (Wildman–Crippen MR) is 111 cm³/mol. The van der Waals surface area contributed by atoms with Crippen LogP contribution in [-0.2, 0) is 0 Å². The molecule has 0 fully saturated rings. The number of pyridine rings is 1. The van der Waals surface area contributed by atoms with Gasteiger partial charge in [-0.1, -0.05) is 18.2 Å². The molecule has 146 valence electrons. The van der Waals surface area contributed by atoms with Crippen molar-refractivity contribution >= 4 is 28.1 Å². The molecule has 0 unspecified atom stereocenters. The van der Waals surface area contributed by atoms with Crippen molar-refractivity contribution in [1.82, 2.24) is 15.0 Å². The van der Waals surface area contributed by atoms with Crippen LogP contribution >= 0.6 is 0 Å². The zero-order chi connectivity index (χ0) is 20.2. The Morgan fingerprint density at radius 2 is 1.76 bits per heavy atom. The maximum atomic E-state index is 6.27. The van der Waals surface area contributed by atoms with Gasteiger partial charge < -0.3 is 25.3 Å². The molecule has 0 amide bonds. The zero-order valence-electron chi connectivity index (χ0n) is 15.9. The lowest BCUT2D eigenvalue weighted by molar-refractivity contribution is 0.395. The lowest BCUT2D eigenvalue weighted by atomic mass is 10.2. The Morgan fingerprint density at radius 3 is 2.59 bits per heavy atom. The normalized spacial score (nSPS) is 10.6. The Labute approximate surface area is 167 Å². The predicted octanol–water partition coefficient (Wildman–Crippen LogP) is 4.16. The van der Waals surface area contributed by atoms with Gasteiger partial charge in [0.2, 0.25) is 5.88 Å². The number of aromatic nitrogens is 3. The maximum Gasteiger partial charge on any atom is 0.248 e. The van der Waals surface area contributed by atoms with E-state index in [1.807, 2.05) is 36.4 Å². The molecule has 0 radical (unpaired) electrons. The maximum absolute atomic E-state index is 6.27. The SMILES string of the molecule is COc1ccc(Nc2ncnc(Oc3cccc4cccnc34)c2N)c(OC)c1. The molecule has 0 spiro atoms. The van der Waals surface area contributed by atoms with E-state index >= 15 is 0 Å². The third-order valence-electron chi connectivity index (χ3n) is 4.31. The van der Waals surface area contributed by atoms with Gasteiger partial charge in [0.25, 0.3) is 0 Å². The summed E-state index contributed by atoms with van der Waals surface area (Å²) in [6.45, 7) is 0. The Bertz CT molecular complexity index is 1160. The highest BCUT2D eigenvalue weighted by Crippen LogP contribution is 2.36. The molecule has 2 aromatic heterocycles. The molecule has 0 aliphatic heterocycles. The molecule has 29 heavy (non-hydrogen) atoms. The number of para-hydroxylation sites is 1. The first-order valence-electron chi connectivity index (χ1n) is 8.80. The van der Waals surface area contributed by atoms with Gasteiger partial charge in [-0.3, -0.25) is 4.98 Å². The van der Waals surface area contributed by atoms with Crippen LogP contribution in [0.25, 0.3) is 10.9 Å². The van der Waals surface area contributed by atoms with Gasteiger partial charge in [-0.15, -0.1) is 0 Å². The van der Waals surface area contributed by atoms with Gasteiger partial charge >= 0.3 is 0 Å². The van der Waals surface area contributed by atoms with Crippen LogP contribution in [0.2, 0.25) is 0 Å². The number of fused-ring (bicyclic) bond motifs is 1. The molecule has 0 aliphatic rings. The Balaban J connectivity index is 1.66. The van der Waals surface area contributed by atoms with Crippen LogP contribution in [-0.4, -0.2) is 29.2 Å². The van der Waals surface area contributed by atoms with Crippen LogP contribution in [0.3, 0.4) is 0 Å². The molecule has 2 aromatic carbocycles. The second-order valence-electron chi connectivity index (χ2n) is 6.07. The van der Waals surface area contributed by atoms with Gasteiger partial charge in [0.15, 0.2) is 11.6 Å². The molecule has 8 nitrogen and oxygen atoms in total. The zero-order valence-corrected chi connectivity index (χ0v) is 15.9. The number of hydrogen-bond acceptors (Lipinski definition) is 8. The summed E-state index contributed by atoms with van der Waals surface area (Å²) in [7, 11) is 3.17. The molecular formula is C21H19N5O3. The van der Waals surface area contributed by atoms with Gasteiger partial charge in [0, 0.05) is 17.6 Å². The molecule has 0 saturated heterocycles. The molecule has 0 bridgehead atoms. The largest absolute Gasteiger partial charge is 0.497 e. The van der Waals surface area contributed by atoms with E-state index in [0.29, 0.717) is 28.8 Å². The second-order valence-corrected chi connectivity index (χ2v) is 6.07. The number of rotatable bonds is 6. The van der Waals surface area contributed by atoms with Crippen molar-refractivity contribution in [3.8, 4) is 23.1 Å². The third-order valence-corrected chi connectivity index (χ3v) is 4.31. The highest BCUT2D eigenvalue weighted by molar-refractivity contribution is 5.85. The van der Waals surface area contributed by atoms with Crippen molar-refractivity contribution in [1.29, 1.82) is 0 Å². The van der Waals surface area contributed by atoms with Gasteiger partial charge in [0.05, 0.1) is 19.9 Å². The van der Waals surface area contributed by atoms with Crippen molar-refractivity contribution in [2.75, 3.05) is 25.3 Å². The van der Waals surface area contributed by atoms with Crippen molar-refractivity contribution in [2.45, 2.75) is 0 Å². The summed E-state index contributed by atoms with van der Waals surface area (Å²) in [5.74, 6) is 2.44. The summed E-state index contributed by atoms with van der Waals surface area (Å²) in [4.78, 5) is 12.8. The number of hydrogen-bond donors (Lipinski definition) is 2. The average Bonchev–Trinajstić information content (AvgIpc) is 2.77. The minimum absolute atomic E-state index is 0.230. The number of ether oxygens (including phenoxy) is 3. The fraction of sp³-hybridized carbons (Fsp3) is 0.0952. The van der Waals surface area contributed by atoms with Crippen LogP contribution in [0.15, 0.2) is 61.1 Å². The summed E-state index contributed by atoms with van der Waals surface area (Å²) in [6.07, 6.45) is 3.09. The van der Waals surface area contributed by atoms with E-state index in [1.54, 1.807) is 32.5 Å². The highest BCUT2D eigenvalue weighted by atomic mass is 16.5. The monoisotopic (exact) mass is 389 g/mol. The molecule has 4 aromatic rings. The summed E-state index contributed by atoms with van der Waals surface area (Å²) >= 11 is 0. The minimum atomic E-state index is 0.230. The highest BCUT2D eigenvalue weighted by Gasteiger charge is 2.14. The van der Waals surface area contributed by atoms with E-state index in [-0.39, 0.29) is 11.6 Å². The smallest absolute Gasteiger partial charge is 0.248 e. The first-order chi connectivity index (χ1) is 14.2. The van der Waals surface area contributed by atoms with Crippen LogP contribution < -0.4 is 25.3 Å². The molecule has 0 atom stereocenters. The summed E-state index contributed by atoms with van der Waals surface area (Å²) in [6, 6.07) is 14.9. The van der Waals surface area contributed by atoms with Crippen LogP contribution in [0.4, 0.5) is 17.2 Å². The van der Waals surface area contributed by atoms with E-state index in [1.165, 1.54) is 6.33 Å². The molecule has 8 heteroatoms. The molecular weight excluding hydrogens is 370 g/mol. The van der Waals surface area contributed by atoms with Gasteiger partial charge in [0.1, 0.15) is 29.0 Å². The fourth-order valence-electron chi connectivity index (χ4n) is 2.85. The minimum Gasteiger partial charge on any atom is -0.497 e. The molecule has 0 saturated carbocycles. The van der Waals surface area contributed by atoms with Crippen molar-refractivity contribution in [3.63, 3.8) is 0 Å². The van der Waals surface area contributed by atoms with E-state index in [2.05, 4.69) is 20.3 Å². The van der Waals surface area contributed by atoms with Gasteiger partial charge in [-0.2, -0.15) is 4.98 Å². The standard InChI is InChI=1S/C21H19N5O3/c1-27-14-8-9-15(17(11-14)28-2)26-20-18(22)21(25-12-24-20)29-16-7-3-5-13-6-4-10-23-19(13)16/h3-12H,22H2,1-2H3,(H,24,25,26). The average molecular weight is 389 g/mol. The lowest BCUT2D eigenvalue weighted by Gasteiger charge is -2.15. The summed E-state index contributed by atoms with van der Waals surface area (Å²) < 4.78 is 16.6. The number of nitrogens with zero attached hydrogens (tertiary/aromatic N) is 3. The molecule has 3 N–H and O–H groups in total. The number of benzene rings is 2. The number of anilines is 3. The lowest BCUT2D eigenvalue weighted by Crippen LogP contribution is -2.04. The van der Waals surface area contributed by atoms with Crippen molar-refractivity contribution in [3.05, 3.63) is 61.1 Å². The van der Waals surface area contributed by atoms with E-state index in [9.17, 15) is 0 Å². The first-order valence-corrected chi connectivity index (χ1v) is 8.80. The molecule has 2 heterocycles. The quantitative estimate of drug-likeness (QED) is 0.506. The fourth-order valence-corrected chi connectivity index (χ4v) is 2.85. The van der Waals surface area contributed by atoms with E-state index < -0.39 is 0 Å². The number of nitrogens with one attached hydrogen (secondary N) is 1. The first kappa shape index (κ1) is 18.3. The molecule has 0 aliphatic carbocycles. The van der Waals surface area contributed by atoms with E-state index in [4.69, 9.17) is 19.9 Å². The summed E-state index contributed by atoms with van der Waals surface area (Å²) in [5, 5.41) is 4.11. The van der Waals surface area contributed by atoms with Gasteiger partial charge in [-0.25, -0.2) is 4.98 Å². The second kappa shape index (κ2) is 7.89. The van der Waals surface area contributed by atoms with Crippen molar-refractivity contribution in [2.24, 2.45) is 0 Å².